The summed E-state index contributed by atoms with van der Waals surface area (Å²) in [6.07, 6.45) is 5.87. The number of pyridine rings is 1. The minimum absolute atomic E-state index is 0.106. The number of nitrogens with one attached hydrogen (secondary N) is 1. The van der Waals surface area contributed by atoms with Crippen LogP contribution in [0.5, 0.6) is 5.88 Å². The summed E-state index contributed by atoms with van der Waals surface area (Å²) in [7, 11) is 5.23. The van der Waals surface area contributed by atoms with Crippen molar-refractivity contribution < 1.29 is 9.53 Å². The molecule has 24 heavy (non-hydrogen) atoms. The smallest absolute Gasteiger partial charge is 0.242 e. The summed E-state index contributed by atoms with van der Waals surface area (Å²) in [4.78, 5) is 27.5. The molecule has 0 unspecified atom stereocenters. The summed E-state index contributed by atoms with van der Waals surface area (Å²) < 4.78 is 5.29. The molecular formula is C17H21N5O2. The van der Waals surface area contributed by atoms with E-state index in [1.54, 1.807) is 6.20 Å². The van der Waals surface area contributed by atoms with Gasteiger partial charge >= 0.3 is 0 Å². The SMILES string of the molecule is COc1ncnc(N(C)C)c1NC(=O)[C@@H]1CCCc2cccnc21. The lowest BCUT2D eigenvalue weighted by Crippen LogP contribution is -2.27. The summed E-state index contributed by atoms with van der Waals surface area (Å²) in [5.74, 6) is 0.576. The second kappa shape index (κ2) is 6.82. The van der Waals surface area contributed by atoms with E-state index in [0.717, 1.165) is 30.5 Å². The standard InChI is InChI=1S/C17H21N5O2/c1-22(2)15-14(17(24-3)20-10-19-15)21-16(23)12-8-4-6-11-7-5-9-18-13(11)12/h5,7,9-10,12H,4,6,8H2,1-3H3,(H,21,23)/t12-/m1/s1. The number of aryl methyl sites for hydroxylation is 1. The van der Waals surface area contributed by atoms with Gasteiger partial charge < -0.3 is 15.0 Å². The molecule has 0 bridgehead atoms. The van der Waals surface area contributed by atoms with E-state index in [1.165, 1.54) is 13.4 Å². The van der Waals surface area contributed by atoms with Crippen LogP contribution in [-0.2, 0) is 11.2 Å². The molecule has 1 aliphatic rings. The largest absolute Gasteiger partial charge is 0.479 e. The molecule has 1 N–H and O–H groups in total. The molecule has 0 aromatic carbocycles. The Balaban J connectivity index is 1.92. The maximum atomic E-state index is 12.9. The van der Waals surface area contributed by atoms with Crippen molar-refractivity contribution in [1.29, 1.82) is 0 Å². The average Bonchev–Trinajstić information content (AvgIpc) is 2.61. The Morgan fingerprint density at radius 2 is 2.17 bits per heavy atom. The number of carbonyl (C=O) groups excluding carboxylic acids is 1. The van der Waals surface area contributed by atoms with E-state index >= 15 is 0 Å². The number of fused-ring (bicyclic) bond motifs is 1. The summed E-state index contributed by atoms with van der Waals surface area (Å²) in [6, 6.07) is 3.95. The molecule has 0 saturated heterocycles. The maximum absolute atomic E-state index is 12.9. The van der Waals surface area contributed by atoms with E-state index < -0.39 is 0 Å². The van der Waals surface area contributed by atoms with Crippen LogP contribution >= 0.6 is 0 Å². The average molecular weight is 327 g/mol. The zero-order valence-corrected chi connectivity index (χ0v) is 14.1. The molecule has 2 heterocycles. The first-order valence-electron chi connectivity index (χ1n) is 7.92. The van der Waals surface area contributed by atoms with Crippen LogP contribution in [-0.4, -0.2) is 42.1 Å². The molecule has 2 aromatic heterocycles. The van der Waals surface area contributed by atoms with Gasteiger partial charge in [0.05, 0.1) is 18.7 Å². The number of aromatic nitrogens is 3. The van der Waals surface area contributed by atoms with Crippen LogP contribution in [0.4, 0.5) is 11.5 Å². The highest BCUT2D eigenvalue weighted by Crippen LogP contribution is 2.34. The van der Waals surface area contributed by atoms with E-state index in [9.17, 15) is 4.79 Å². The van der Waals surface area contributed by atoms with Gasteiger partial charge in [0.25, 0.3) is 0 Å². The van der Waals surface area contributed by atoms with E-state index in [-0.39, 0.29) is 11.8 Å². The molecule has 0 saturated carbocycles. The molecular weight excluding hydrogens is 306 g/mol. The van der Waals surface area contributed by atoms with Gasteiger partial charge in [0.2, 0.25) is 11.8 Å². The molecule has 3 rings (SSSR count). The number of rotatable bonds is 4. The first-order chi connectivity index (χ1) is 11.6. The normalized spacial score (nSPS) is 16.2. The number of amides is 1. The summed E-state index contributed by atoms with van der Waals surface area (Å²) in [6.45, 7) is 0. The molecule has 7 nitrogen and oxygen atoms in total. The van der Waals surface area contributed by atoms with Gasteiger partial charge in [-0.15, -0.1) is 0 Å². The lowest BCUT2D eigenvalue weighted by molar-refractivity contribution is -0.118. The molecule has 0 radical (unpaired) electrons. The number of hydrogen-bond acceptors (Lipinski definition) is 6. The number of ether oxygens (including phenoxy) is 1. The lowest BCUT2D eigenvalue weighted by Gasteiger charge is -2.24. The Labute approximate surface area is 141 Å². The van der Waals surface area contributed by atoms with Gasteiger partial charge in [0.15, 0.2) is 5.82 Å². The molecule has 0 spiro atoms. The third-order valence-electron chi connectivity index (χ3n) is 4.17. The highest BCUT2D eigenvalue weighted by molar-refractivity contribution is 5.99. The molecule has 2 aromatic rings. The quantitative estimate of drug-likeness (QED) is 0.925. The minimum atomic E-state index is -0.269. The number of hydrogen-bond donors (Lipinski definition) is 1. The Morgan fingerprint density at radius 3 is 2.92 bits per heavy atom. The van der Waals surface area contributed by atoms with Crippen molar-refractivity contribution in [3.63, 3.8) is 0 Å². The second-order valence-corrected chi connectivity index (χ2v) is 5.96. The van der Waals surface area contributed by atoms with E-state index in [0.29, 0.717) is 17.4 Å². The topological polar surface area (TPSA) is 80.2 Å². The van der Waals surface area contributed by atoms with Crippen LogP contribution < -0.4 is 15.0 Å². The predicted molar refractivity (Wildman–Crippen MR) is 91.5 cm³/mol. The number of anilines is 2. The fourth-order valence-corrected chi connectivity index (χ4v) is 3.04. The van der Waals surface area contributed by atoms with Gasteiger partial charge in [-0.1, -0.05) is 6.07 Å². The molecule has 126 valence electrons. The first kappa shape index (κ1) is 16.2. The Bertz CT molecular complexity index is 748. The molecule has 1 amide bonds. The first-order valence-corrected chi connectivity index (χ1v) is 7.92. The highest BCUT2D eigenvalue weighted by atomic mass is 16.5. The number of nitrogens with zero attached hydrogens (tertiary/aromatic N) is 4. The predicted octanol–water partition coefficient (Wildman–Crippen LogP) is 2.00. The fourth-order valence-electron chi connectivity index (χ4n) is 3.04. The van der Waals surface area contributed by atoms with E-state index in [1.807, 2.05) is 31.1 Å². The van der Waals surface area contributed by atoms with Crippen LogP contribution in [0, 0.1) is 0 Å². The Kier molecular flexibility index (Phi) is 4.59. The summed E-state index contributed by atoms with van der Waals surface area (Å²) >= 11 is 0. The van der Waals surface area contributed by atoms with Crippen molar-refractivity contribution >= 4 is 17.4 Å². The van der Waals surface area contributed by atoms with Crippen molar-refractivity contribution in [2.75, 3.05) is 31.4 Å². The van der Waals surface area contributed by atoms with Crippen molar-refractivity contribution in [3.05, 3.63) is 35.9 Å². The van der Waals surface area contributed by atoms with E-state index in [4.69, 9.17) is 4.74 Å². The summed E-state index contributed by atoms with van der Waals surface area (Å²) in [5.41, 5.74) is 2.49. The lowest BCUT2D eigenvalue weighted by atomic mass is 9.86. The number of methoxy groups -OCH3 is 1. The van der Waals surface area contributed by atoms with Crippen LogP contribution in [0.3, 0.4) is 0 Å². The Hall–Kier alpha value is -2.70. The maximum Gasteiger partial charge on any atom is 0.242 e. The summed E-state index contributed by atoms with van der Waals surface area (Å²) in [5, 5.41) is 2.95. The third kappa shape index (κ3) is 3.02. The Morgan fingerprint density at radius 1 is 1.33 bits per heavy atom. The highest BCUT2D eigenvalue weighted by Gasteiger charge is 2.29. The van der Waals surface area contributed by atoms with Crippen molar-refractivity contribution in [1.82, 2.24) is 15.0 Å². The van der Waals surface area contributed by atoms with Crippen LogP contribution in [0.15, 0.2) is 24.7 Å². The van der Waals surface area contributed by atoms with Gasteiger partial charge in [-0.25, -0.2) is 4.98 Å². The van der Waals surface area contributed by atoms with Gasteiger partial charge in [-0.05, 0) is 30.9 Å². The van der Waals surface area contributed by atoms with Crippen molar-refractivity contribution in [3.8, 4) is 5.88 Å². The van der Waals surface area contributed by atoms with Gasteiger partial charge in [0.1, 0.15) is 12.0 Å². The van der Waals surface area contributed by atoms with Crippen LogP contribution in [0.1, 0.15) is 30.0 Å². The van der Waals surface area contributed by atoms with Gasteiger partial charge in [-0.3, -0.25) is 9.78 Å². The van der Waals surface area contributed by atoms with Gasteiger partial charge in [-0.2, -0.15) is 4.98 Å². The molecule has 0 aliphatic heterocycles. The van der Waals surface area contributed by atoms with Crippen LogP contribution in [0.25, 0.3) is 0 Å². The monoisotopic (exact) mass is 327 g/mol. The van der Waals surface area contributed by atoms with Crippen molar-refractivity contribution in [2.24, 2.45) is 0 Å². The van der Waals surface area contributed by atoms with Gasteiger partial charge in [0, 0.05) is 20.3 Å². The molecule has 1 aliphatic carbocycles. The fraction of sp³-hybridized carbons (Fsp3) is 0.412. The number of carbonyl (C=O) groups is 1. The van der Waals surface area contributed by atoms with Crippen LogP contribution in [0.2, 0.25) is 0 Å². The zero-order chi connectivity index (χ0) is 17.1. The third-order valence-corrected chi connectivity index (χ3v) is 4.17. The minimum Gasteiger partial charge on any atom is -0.479 e. The molecule has 0 fully saturated rings. The second-order valence-electron chi connectivity index (χ2n) is 5.96. The molecule has 1 atom stereocenters. The van der Waals surface area contributed by atoms with E-state index in [2.05, 4.69) is 20.3 Å². The van der Waals surface area contributed by atoms with Crippen molar-refractivity contribution in [2.45, 2.75) is 25.2 Å². The zero-order valence-electron chi connectivity index (χ0n) is 14.1. The molecule has 7 heteroatoms.